The fourth-order valence-electron chi connectivity index (χ4n) is 3.65. The number of carbonyl (C=O) groups excluding carboxylic acids is 1. The molecule has 1 aliphatic heterocycles. The minimum atomic E-state index is -3.84. The van der Waals surface area contributed by atoms with Gasteiger partial charge in [-0.3, -0.25) is 4.79 Å². The van der Waals surface area contributed by atoms with Crippen LogP contribution in [-0.4, -0.2) is 47.2 Å². The molecule has 0 aliphatic carbocycles. The van der Waals surface area contributed by atoms with Crippen molar-refractivity contribution in [1.82, 2.24) is 10.0 Å². The highest BCUT2D eigenvalue weighted by Gasteiger charge is 2.35. The van der Waals surface area contributed by atoms with Crippen LogP contribution < -0.4 is 14.8 Å². The lowest BCUT2D eigenvalue weighted by atomic mass is 9.74. The van der Waals surface area contributed by atoms with Crippen LogP contribution in [0.25, 0.3) is 0 Å². The van der Waals surface area contributed by atoms with Gasteiger partial charge >= 0.3 is 0 Å². The van der Waals surface area contributed by atoms with Gasteiger partial charge in [0.1, 0.15) is 5.75 Å². The van der Waals surface area contributed by atoms with Gasteiger partial charge < -0.3 is 14.8 Å². The van der Waals surface area contributed by atoms with Gasteiger partial charge in [0.15, 0.2) is 0 Å². The summed E-state index contributed by atoms with van der Waals surface area (Å²) in [6.07, 6.45) is 1.51. The van der Waals surface area contributed by atoms with Crippen LogP contribution in [0.15, 0.2) is 53.4 Å². The van der Waals surface area contributed by atoms with Crippen molar-refractivity contribution in [3.8, 4) is 5.75 Å². The van der Waals surface area contributed by atoms with Gasteiger partial charge in [0.05, 0.1) is 18.0 Å². The molecule has 7 nitrogen and oxygen atoms in total. The number of hydrogen-bond donors (Lipinski definition) is 2. The van der Waals surface area contributed by atoms with Crippen LogP contribution in [0.4, 0.5) is 0 Å². The van der Waals surface area contributed by atoms with Crippen LogP contribution in [0, 0.1) is 0 Å². The Labute approximate surface area is 188 Å². The molecule has 0 radical (unpaired) electrons. The molecule has 3 rings (SSSR count). The topological polar surface area (TPSA) is 93.7 Å². The van der Waals surface area contributed by atoms with Crippen LogP contribution >= 0.6 is 11.6 Å². The Morgan fingerprint density at radius 2 is 1.74 bits per heavy atom. The molecular weight excluding hydrogens is 440 g/mol. The second kappa shape index (κ2) is 9.99. The molecule has 1 amide bonds. The minimum Gasteiger partial charge on any atom is -0.497 e. The van der Waals surface area contributed by atoms with Gasteiger partial charge in [-0.1, -0.05) is 23.7 Å². The van der Waals surface area contributed by atoms with Gasteiger partial charge in [-0.2, -0.15) is 4.72 Å². The van der Waals surface area contributed by atoms with Gasteiger partial charge in [0.25, 0.3) is 0 Å². The fraction of sp³-hybridized carbons (Fsp3) is 0.409. The summed E-state index contributed by atoms with van der Waals surface area (Å²) in [7, 11) is -2.23. The number of hydrogen-bond acceptors (Lipinski definition) is 5. The van der Waals surface area contributed by atoms with Crippen LogP contribution in [0.3, 0.4) is 0 Å². The summed E-state index contributed by atoms with van der Waals surface area (Å²) in [6.45, 7) is 3.10. The Kier molecular flexibility index (Phi) is 7.59. The maximum absolute atomic E-state index is 12.7. The molecule has 31 heavy (non-hydrogen) atoms. The highest BCUT2D eigenvalue weighted by Crippen LogP contribution is 2.35. The third kappa shape index (κ3) is 5.77. The molecule has 1 fully saturated rings. The SMILES string of the molecule is COc1ccc(C2(CNC(=O)[C@H](C)NS(=O)(=O)c3ccc(Cl)cc3)CCOCC2)cc1. The number of rotatable bonds is 8. The van der Waals surface area contributed by atoms with E-state index in [4.69, 9.17) is 21.1 Å². The van der Waals surface area contributed by atoms with Gasteiger partial charge in [0.2, 0.25) is 15.9 Å². The quantitative estimate of drug-likeness (QED) is 0.624. The first kappa shape index (κ1) is 23.5. The molecule has 0 spiro atoms. The van der Waals surface area contributed by atoms with E-state index >= 15 is 0 Å². The van der Waals surface area contributed by atoms with Crippen molar-refractivity contribution in [2.75, 3.05) is 26.9 Å². The summed E-state index contributed by atoms with van der Waals surface area (Å²) in [4.78, 5) is 12.8. The summed E-state index contributed by atoms with van der Waals surface area (Å²) in [5.74, 6) is 0.372. The Hall–Kier alpha value is -2.13. The maximum atomic E-state index is 12.7. The zero-order valence-electron chi connectivity index (χ0n) is 17.6. The summed E-state index contributed by atoms with van der Waals surface area (Å²) < 4.78 is 38.3. The van der Waals surface area contributed by atoms with Crippen molar-refractivity contribution < 1.29 is 22.7 Å². The predicted octanol–water partition coefficient (Wildman–Crippen LogP) is 2.88. The highest BCUT2D eigenvalue weighted by atomic mass is 35.5. The average molecular weight is 467 g/mol. The van der Waals surface area contributed by atoms with E-state index in [1.165, 1.54) is 31.2 Å². The van der Waals surface area contributed by atoms with Crippen molar-refractivity contribution >= 4 is 27.5 Å². The summed E-state index contributed by atoms with van der Waals surface area (Å²) in [5, 5.41) is 3.36. The van der Waals surface area contributed by atoms with Gasteiger partial charge in [-0.05, 0) is 61.7 Å². The molecule has 2 aromatic carbocycles. The fourth-order valence-corrected chi connectivity index (χ4v) is 4.98. The summed E-state index contributed by atoms with van der Waals surface area (Å²) >= 11 is 5.82. The zero-order valence-corrected chi connectivity index (χ0v) is 19.1. The molecule has 1 saturated heterocycles. The van der Waals surface area contributed by atoms with E-state index in [9.17, 15) is 13.2 Å². The monoisotopic (exact) mass is 466 g/mol. The zero-order chi connectivity index (χ0) is 22.5. The van der Waals surface area contributed by atoms with E-state index in [1.54, 1.807) is 7.11 Å². The van der Waals surface area contributed by atoms with Crippen molar-refractivity contribution in [1.29, 1.82) is 0 Å². The molecular formula is C22H27ClN2O5S. The molecule has 1 heterocycles. The number of amides is 1. The Morgan fingerprint density at radius 1 is 1.13 bits per heavy atom. The minimum absolute atomic E-state index is 0.0516. The number of halogens is 1. The summed E-state index contributed by atoms with van der Waals surface area (Å²) in [5.41, 5.74) is 0.806. The van der Waals surface area contributed by atoms with Gasteiger partial charge in [0, 0.05) is 30.2 Å². The molecule has 0 aromatic heterocycles. The second-order valence-electron chi connectivity index (χ2n) is 7.64. The Balaban J connectivity index is 1.68. The number of benzene rings is 2. The van der Waals surface area contributed by atoms with E-state index in [2.05, 4.69) is 10.0 Å². The first-order valence-corrected chi connectivity index (χ1v) is 11.9. The van der Waals surface area contributed by atoms with E-state index in [1.807, 2.05) is 24.3 Å². The number of methoxy groups -OCH3 is 1. The first-order valence-electron chi connectivity index (χ1n) is 10.0. The van der Waals surface area contributed by atoms with Gasteiger partial charge in [-0.25, -0.2) is 8.42 Å². The third-order valence-corrected chi connectivity index (χ3v) is 7.41. The van der Waals surface area contributed by atoms with Gasteiger partial charge in [-0.15, -0.1) is 0 Å². The lowest BCUT2D eigenvalue weighted by molar-refractivity contribution is -0.122. The molecule has 2 N–H and O–H groups in total. The van der Waals surface area contributed by atoms with Crippen molar-refractivity contribution in [2.24, 2.45) is 0 Å². The maximum Gasteiger partial charge on any atom is 0.241 e. The van der Waals surface area contributed by atoms with Crippen molar-refractivity contribution in [3.63, 3.8) is 0 Å². The molecule has 1 aliphatic rings. The summed E-state index contributed by atoms with van der Waals surface area (Å²) in [6, 6.07) is 12.6. The molecule has 0 saturated carbocycles. The van der Waals surface area contributed by atoms with Crippen LogP contribution in [0.5, 0.6) is 5.75 Å². The van der Waals surface area contributed by atoms with Crippen LogP contribution in [0.2, 0.25) is 5.02 Å². The molecule has 1 atom stereocenters. The van der Waals surface area contributed by atoms with Crippen molar-refractivity contribution in [3.05, 3.63) is 59.1 Å². The number of sulfonamides is 1. The molecule has 0 unspecified atom stereocenters. The lowest BCUT2D eigenvalue weighted by Crippen LogP contribution is -2.50. The number of carbonyl (C=O) groups is 1. The van der Waals surface area contributed by atoms with E-state index < -0.39 is 22.0 Å². The Morgan fingerprint density at radius 3 is 2.32 bits per heavy atom. The molecule has 0 bridgehead atoms. The number of ether oxygens (including phenoxy) is 2. The predicted molar refractivity (Wildman–Crippen MR) is 119 cm³/mol. The van der Waals surface area contributed by atoms with Crippen LogP contribution in [0.1, 0.15) is 25.3 Å². The molecule has 2 aromatic rings. The first-order chi connectivity index (χ1) is 14.8. The standard InChI is InChI=1S/C22H27ClN2O5S/c1-16(25-31(27,28)20-9-5-18(23)6-10-20)21(26)24-15-22(11-13-30-14-12-22)17-3-7-19(29-2)8-4-17/h3-10,16,25H,11-15H2,1-2H3,(H,24,26)/t16-/m0/s1. The average Bonchev–Trinajstić information content (AvgIpc) is 2.78. The molecule has 9 heteroatoms. The Bertz CT molecular complexity index is 988. The highest BCUT2D eigenvalue weighted by molar-refractivity contribution is 7.89. The van der Waals surface area contributed by atoms with E-state index in [0.29, 0.717) is 24.8 Å². The number of nitrogens with one attached hydrogen (secondary N) is 2. The smallest absolute Gasteiger partial charge is 0.241 e. The normalized spacial score (nSPS) is 17.0. The van der Waals surface area contributed by atoms with Crippen molar-refractivity contribution in [2.45, 2.75) is 36.1 Å². The second-order valence-corrected chi connectivity index (χ2v) is 9.79. The van der Waals surface area contributed by atoms with E-state index in [0.717, 1.165) is 24.2 Å². The lowest BCUT2D eigenvalue weighted by Gasteiger charge is -2.38. The van der Waals surface area contributed by atoms with Crippen LogP contribution in [-0.2, 0) is 25.0 Å². The van der Waals surface area contributed by atoms with E-state index in [-0.39, 0.29) is 10.3 Å². The third-order valence-electron chi connectivity index (χ3n) is 5.60. The molecule has 168 valence electrons. The largest absolute Gasteiger partial charge is 0.497 e.